The van der Waals surface area contributed by atoms with Crippen LogP contribution in [0.1, 0.15) is 5.56 Å². The summed E-state index contributed by atoms with van der Waals surface area (Å²) < 4.78 is 4.25. The Kier molecular flexibility index (Phi) is 4.08. The van der Waals surface area contributed by atoms with Crippen LogP contribution in [0.15, 0.2) is 30.0 Å². The maximum absolute atomic E-state index is 11.1. The Morgan fingerprint density at radius 2 is 1.78 bits per heavy atom. The fourth-order valence-corrected chi connectivity index (χ4v) is 1.14. The van der Waals surface area contributed by atoms with E-state index < -0.39 is 21.5 Å². The molecule has 18 heavy (non-hydrogen) atoms. The lowest BCUT2D eigenvalue weighted by Gasteiger charge is -1.97. The molecule has 0 atom stereocenters. The molecule has 1 rings (SSSR count). The number of non-ortho nitro benzene ring substituents is 1. The van der Waals surface area contributed by atoms with Gasteiger partial charge >= 0.3 is 11.7 Å². The van der Waals surface area contributed by atoms with Crippen LogP contribution in [0.2, 0.25) is 0 Å². The number of benzene rings is 1. The molecule has 1 aromatic carbocycles. The minimum atomic E-state index is -1.08. The number of nitro groups is 2. The Labute approximate surface area is 101 Å². The molecule has 8 nitrogen and oxygen atoms in total. The number of nitrogens with zero attached hydrogens (tertiary/aromatic N) is 2. The van der Waals surface area contributed by atoms with E-state index in [9.17, 15) is 25.0 Å². The van der Waals surface area contributed by atoms with Crippen molar-refractivity contribution in [3.63, 3.8) is 0 Å². The quantitative estimate of drug-likeness (QED) is 0.346. The molecule has 0 aliphatic rings. The zero-order chi connectivity index (χ0) is 13.7. The average Bonchev–Trinajstić information content (AvgIpc) is 2.35. The van der Waals surface area contributed by atoms with Crippen LogP contribution >= 0.6 is 0 Å². The lowest BCUT2D eigenvalue weighted by Crippen LogP contribution is -2.12. The number of nitro benzene ring substituents is 1. The highest BCUT2D eigenvalue weighted by Crippen LogP contribution is 2.15. The maximum Gasteiger partial charge on any atom is 0.409 e. The van der Waals surface area contributed by atoms with Gasteiger partial charge in [0.15, 0.2) is 0 Å². The van der Waals surface area contributed by atoms with E-state index in [-0.39, 0.29) is 11.3 Å². The van der Waals surface area contributed by atoms with Gasteiger partial charge < -0.3 is 4.74 Å². The first-order valence-corrected chi connectivity index (χ1v) is 4.64. The van der Waals surface area contributed by atoms with Crippen molar-refractivity contribution in [2.24, 2.45) is 0 Å². The minimum Gasteiger partial charge on any atom is -0.461 e. The van der Waals surface area contributed by atoms with Gasteiger partial charge in [-0.15, -0.1) is 0 Å². The van der Waals surface area contributed by atoms with E-state index >= 15 is 0 Å². The first kappa shape index (κ1) is 13.3. The number of hydrogen-bond donors (Lipinski definition) is 0. The van der Waals surface area contributed by atoms with Gasteiger partial charge in [-0.05, 0) is 17.7 Å². The van der Waals surface area contributed by atoms with Crippen molar-refractivity contribution in [3.8, 4) is 0 Å². The standard InChI is InChI=1S/C10H8N2O6/c1-18-10(13)9(12(16)17)6-7-2-4-8(5-3-7)11(14)15/h2-6H,1H3. The van der Waals surface area contributed by atoms with E-state index in [2.05, 4.69) is 4.74 Å². The Bertz CT molecular complexity index is 520. The van der Waals surface area contributed by atoms with Gasteiger partial charge in [-0.25, -0.2) is 4.79 Å². The molecule has 0 fully saturated rings. The summed E-state index contributed by atoms with van der Waals surface area (Å²) >= 11 is 0. The predicted molar refractivity (Wildman–Crippen MR) is 60.1 cm³/mol. The van der Waals surface area contributed by atoms with Gasteiger partial charge in [0.2, 0.25) is 0 Å². The second kappa shape index (κ2) is 5.53. The van der Waals surface area contributed by atoms with Gasteiger partial charge in [-0.3, -0.25) is 20.2 Å². The van der Waals surface area contributed by atoms with Crippen molar-refractivity contribution < 1.29 is 19.4 Å². The topological polar surface area (TPSA) is 113 Å². The summed E-state index contributed by atoms with van der Waals surface area (Å²) in [6.07, 6.45) is 0.982. The number of hydrogen-bond acceptors (Lipinski definition) is 6. The summed E-state index contributed by atoms with van der Waals surface area (Å²) in [5, 5.41) is 21.0. The zero-order valence-electron chi connectivity index (χ0n) is 9.23. The monoisotopic (exact) mass is 252 g/mol. The second-order valence-electron chi connectivity index (χ2n) is 3.13. The fourth-order valence-electron chi connectivity index (χ4n) is 1.14. The van der Waals surface area contributed by atoms with Crippen LogP contribution in [-0.2, 0) is 9.53 Å². The summed E-state index contributed by atoms with van der Waals surface area (Å²) in [6.45, 7) is 0. The molecular weight excluding hydrogens is 244 g/mol. The van der Waals surface area contributed by atoms with Crippen LogP contribution in [-0.4, -0.2) is 22.9 Å². The highest BCUT2D eigenvalue weighted by molar-refractivity contribution is 5.90. The average molecular weight is 252 g/mol. The molecule has 0 radical (unpaired) electrons. The highest BCUT2D eigenvalue weighted by Gasteiger charge is 2.22. The molecular formula is C10H8N2O6. The number of rotatable bonds is 4. The zero-order valence-corrected chi connectivity index (χ0v) is 9.23. The smallest absolute Gasteiger partial charge is 0.409 e. The third-order valence-corrected chi connectivity index (χ3v) is 2.00. The number of carbonyl (C=O) groups excluding carboxylic acids is 1. The molecule has 94 valence electrons. The maximum atomic E-state index is 11.1. The van der Waals surface area contributed by atoms with Crippen LogP contribution in [0.5, 0.6) is 0 Å². The van der Waals surface area contributed by atoms with E-state index in [1.807, 2.05) is 0 Å². The van der Waals surface area contributed by atoms with Gasteiger partial charge in [0.05, 0.1) is 17.0 Å². The Morgan fingerprint density at radius 3 is 2.17 bits per heavy atom. The van der Waals surface area contributed by atoms with Crippen molar-refractivity contribution in [1.29, 1.82) is 0 Å². The summed E-state index contributed by atoms with van der Waals surface area (Å²) in [4.78, 5) is 30.6. The first-order valence-electron chi connectivity index (χ1n) is 4.64. The summed E-state index contributed by atoms with van der Waals surface area (Å²) in [5.74, 6) is -1.08. The molecule has 0 unspecified atom stereocenters. The molecule has 0 saturated heterocycles. The van der Waals surface area contributed by atoms with Gasteiger partial charge in [-0.1, -0.05) is 0 Å². The van der Waals surface area contributed by atoms with Gasteiger partial charge in [-0.2, -0.15) is 0 Å². The first-order chi connectivity index (χ1) is 8.45. The molecule has 0 heterocycles. The molecule has 0 amide bonds. The van der Waals surface area contributed by atoms with Crippen LogP contribution in [0, 0.1) is 20.2 Å². The molecule has 0 bridgehead atoms. The van der Waals surface area contributed by atoms with Crippen molar-refractivity contribution in [2.75, 3.05) is 7.11 Å². The largest absolute Gasteiger partial charge is 0.461 e. The Morgan fingerprint density at radius 1 is 1.22 bits per heavy atom. The van der Waals surface area contributed by atoms with Gasteiger partial charge in [0.1, 0.15) is 0 Å². The third kappa shape index (κ3) is 3.11. The fraction of sp³-hybridized carbons (Fsp3) is 0.100. The van der Waals surface area contributed by atoms with Gasteiger partial charge in [0.25, 0.3) is 5.69 Å². The molecule has 0 aromatic heterocycles. The van der Waals surface area contributed by atoms with E-state index in [1.165, 1.54) is 24.3 Å². The van der Waals surface area contributed by atoms with Crippen LogP contribution in [0.4, 0.5) is 5.69 Å². The Hall–Kier alpha value is -2.77. The number of ether oxygens (including phenoxy) is 1. The van der Waals surface area contributed by atoms with E-state index in [0.29, 0.717) is 0 Å². The second-order valence-corrected chi connectivity index (χ2v) is 3.13. The normalized spacial score (nSPS) is 10.8. The molecule has 0 aliphatic carbocycles. The van der Waals surface area contributed by atoms with Crippen molar-refractivity contribution in [2.45, 2.75) is 0 Å². The van der Waals surface area contributed by atoms with Crippen molar-refractivity contribution in [1.82, 2.24) is 0 Å². The third-order valence-electron chi connectivity index (χ3n) is 2.00. The molecule has 0 aliphatic heterocycles. The minimum absolute atomic E-state index is 0.145. The van der Waals surface area contributed by atoms with Crippen molar-refractivity contribution in [3.05, 3.63) is 55.8 Å². The molecule has 0 saturated carbocycles. The number of esters is 1. The van der Waals surface area contributed by atoms with Crippen LogP contribution in [0.25, 0.3) is 6.08 Å². The van der Waals surface area contributed by atoms with E-state index in [0.717, 1.165) is 13.2 Å². The molecule has 1 aromatic rings. The predicted octanol–water partition coefficient (Wildman–Crippen LogP) is 1.39. The molecule has 0 spiro atoms. The SMILES string of the molecule is COC(=O)C(=Cc1ccc([N+](=O)[O-])cc1)[N+](=O)[O-]. The summed E-state index contributed by atoms with van der Waals surface area (Å²) in [6, 6.07) is 4.95. The Balaban J connectivity index is 3.09. The van der Waals surface area contributed by atoms with Gasteiger partial charge in [0, 0.05) is 18.2 Å². The molecule has 8 heteroatoms. The lowest BCUT2D eigenvalue weighted by atomic mass is 10.2. The lowest BCUT2D eigenvalue weighted by molar-refractivity contribution is -0.419. The van der Waals surface area contributed by atoms with E-state index in [4.69, 9.17) is 0 Å². The molecule has 0 N–H and O–H groups in total. The van der Waals surface area contributed by atoms with Crippen LogP contribution in [0.3, 0.4) is 0 Å². The summed E-state index contributed by atoms with van der Waals surface area (Å²) in [5.41, 5.74) is -0.600. The highest BCUT2D eigenvalue weighted by atomic mass is 16.6. The number of carbonyl (C=O) groups is 1. The van der Waals surface area contributed by atoms with Crippen LogP contribution < -0.4 is 0 Å². The summed E-state index contributed by atoms with van der Waals surface area (Å²) in [7, 11) is 1.02. The van der Waals surface area contributed by atoms with Crippen molar-refractivity contribution >= 4 is 17.7 Å². The number of methoxy groups -OCH3 is 1. The van der Waals surface area contributed by atoms with E-state index in [1.54, 1.807) is 0 Å².